The van der Waals surface area contributed by atoms with Crippen LogP contribution in [0.25, 0.3) is 0 Å². The zero-order chi connectivity index (χ0) is 14.0. The summed E-state index contributed by atoms with van der Waals surface area (Å²) in [5, 5.41) is 3.39. The highest BCUT2D eigenvalue weighted by atomic mass is 16.5. The summed E-state index contributed by atoms with van der Waals surface area (Å²) < 4.78 is 8.33. The molecule has 0 aliphatic carbocycles. The van der Waals surface area contributed by atoms with E-state index in [9.17, 15) is 0 Å². The van der Waals surface area contributed by atoms with Gasteiger partial charge >= 0.3 is 0 Å². The highest BCUT2D eigenvalue weighted by molar-refractivity contribution is 5.16. The van der Waals surface area contributed by atoms with Gasteiger partial charge in [0.1, 0.15) is 0 Å². The number of hydrogen-bond acceptors (Lipinski definition) is 2. The maximum Gasteiger partial charge on any atom is 0.0762 e. The fourth-order valence-corrected chi connectivity index (χ4v) is 3.08. The van der Waals surface area contributed by atoms with Crippen molar-refractivity contribution in [3.63, 3.8) is 0 Å². The zero-order valence-corrected chi connectivity index (χ0v) is 12.9. The van der Waals surface area contributed by atoms with Gasteiger partial charge in [-0.25, -0.2) is 0 Å². The molecule has 1 N–H and O–H groups in total. The minimum Gasteiger partial charge on any atom is -0.370 e. The van der Waals surface area contributed by atoms with Crippen LogP contribution in [0, 0.1) is 5.92 Å². The molecule has 2 rings (SSSR count). The molecule has 1 aliphatic rings. The Labute approximate surface area is 117 Å². The van der Waals surface area contributed by atoms with Crippen molar-refractivity contribution >= 4 is 0 Å². The van der Waals surface area contributed by atoms with Crippen LogP contribution in [0.15, 0.2) is 18.5 Å². The molecule has 2 heterocycles. The number of hydrogen-bond donors (Lipinski definition) is 1. The molecule has 3 heteroatoms. The standard InChI is InChI=1S/C16H28N2O/c1-12(2)15(17-5)13-7-9-18(10-13)11-14-6-8-16(3,4)19-14/h7,9-10,12,14-15,17H,6,8,11H2,1-5H3. The van der Waals surface area contributed by atoms with Gasteiger partial charge in [0.25, 0.3) is 0 Å². The van der Waals surface area contributed by atoms with E-state index in [4.69, 9.17) is 4.74 Å². The van der Waals surface area contributed by atoms with E-state index in [0.29, 0.717) is 18.1 Å². The van der Waals surface area contributed by atoms with Gasteiger partial charge in [-0.3, -0.25) is 0 Å². The van der Waals surface area contributed by atoms with Gasteiger partial charge in [0.15, 0.2) is 0 Å². The van der Waals surface area contributed by atoms with Gasteiger partial charge in [0.2, 0.25) is 0 Å². The fraction of sp³-hybridized carbons (Fsp3) is 0.750. The topological polar surface area (TPSA) is 26.2 Å². The van der Waals surface area contributed by atoms with Gasteiger partial charge in [0, 0.05) is 25.0 Å². The van der Waals surface area contributed by atoms with Gasteiger partial charge in [-0.05, 0) is 51.3 Å². The molecule has 1 aromatic heterocycles. The number of rotatable bonds is 5. The molecule has 0 aromatic carbocycles. The molecule has 1 aromatic rings. The molecular weight excluding hydrogens is 236 g/mol. The number of ether oxygens (including phenoxy) is 1. The van der Waals surface area contributed by atoms with Crippen LogP contribution < -0.4 is 5.32 Å². The Balaban J connectivity index is 1.98. The third kappa shape index (κ3) is 3.61. The quantitative estimate of drug-likeness (QED) is 0.882. The van der Waals surface area contributed by atoms with Crippen molar-refractivity contribution in [1.29, 1.82) is 0 Å². The first kappa shape index (κ1) is 14.6. The summed E-state index contributed by atoms with van der Waals surface area (Å²) in [7, 11) is 2.03. The Kier molecular flexibility index (Phi) is 4.36. The van der Waals surface area contributed by atoms with E-state index < -0.39 is 0 Å². The van der Waals surface area contributed by atoms with Crippen molar-refractivity contribution in [3.05, 3.63) is 24.0 Å². The summed E-state index contributed by atoms with van der Waals surface area (Å²) in [6.45, 7) is 9.84. The fourth-order valence-electron chi connectivity index (χ4n) is 3.08. The second-order valence-electron chi connectivity index (χ2n) is 6.69. The van der Waals surface area contributed by atoms with Crippen molar-refractivity contribution in [1.82, 2.24) is 9.88 Å². The van der Waals surface area contributed by atoms with Gasteiger partial charge in [-0.2, -0.15) is 0 Å². The van der Waals surface area contributed by atoms with Gasteiger partial charge < -0.3 is 14.6 Å². The van der Waals surface area contributed by atoms with Crippen LogP contribution in [0.4, 0.5) is 0 Å². The molecule has 0 amide bonds. The lowest BCUT2D eigenvalue weighted by Crippen LogP contribution is -2.23. The third-order valence-corrected chi connectivity index (χ3v) is 4.08. The highest BCUT2D eigenvalue weighted by Gasteiger charge is 2.31. The molecule has 0 radical (unpaired) electrons. The highest BCUT2D eigenvalue weighted by Crippen LogP contribution is 2.30. The number of nitrogens with zero attached hydrogens (tertiary/aromatic N) is 1. The summed E-state index contributed by atoms with van der Waals surface area (Å²) in [5.74, 6) is 0.600. The van der Waals surface area contributed by atoms with Crippen molar-refractivity contribution in [3.8, 4) is 0 Å². The lowest BCUT2D eigenvalue weighted by Gasteiger charge is -2.20. The van der Waals surface area contributed by atoms with Crippen LogP contribution >= 0.6 is 0 Å². The second kappa shape index (κ2) is 5.68. The molecule has 108 valence electrons. The van der Waals surface area contributed by atoms with E-state index in [-0.39, 0.29) is 5.60 Å². The van der Waals surface area contributed by atoms with Crippen molar-refractivity contribution in [2.75, 3.05) is 7.05 Å². The van der Waals surface area contributed by atoms with E-state index in [1.807, 2.05) is 7.05 Å². The Morgan fingerprint density at radius 1 is 1.47 bits per heavy atom. The van der Waals surface area contributed by atoms with Crippen LogP contribution in [0.2, 0.25) is 0 Å². The molecule has 3 nitrogen and oxygen atoms in total. The van der Waals surface area contributed by atoms with Crippen LogP contribution in [0.3, 0.4) is 0 Å². The molecule has 1 aliphatic heterocycles. The summed E-state index contributed by atoms with van der Waals surface area (Å²) in [5.41, 5.74) is 1.43. The normalized spacial score (nSPS) is 24.0. The van der Waals surface area contributed by atoms with E-state index in [0.717, 1.165) is 13.0 Å². The Hall–Kier alpha value is -0.800. The maximum atomic E-state index is 6.06. The zero-order valence-electron chi connectivity index (χ0n) is 12.9. The lowest BCUT2D eigenvalue weighted by atomic mass is 9.99. The summed E-state index contributed by atoms with van der Waals surface area (Å²) >= 11 is 0. The van der Waals surface area contributed by atoms with Crippen LogP contribution in [-0.4, -0.2) is 23.3 Å². The van der Waals surface area contributed by atoms with E-state index in [2.05, 4.69) is 56.0 Å². The summed E-state index contributed by atoms with van der Waals surface area (Å²) in [4.78, 5) is 0. The SMILES string of the molecule is CNC(c1ccn(CC2CCC(C)(C)O2)c1)C(C)C. The van der Waals surface area contributed by atoms with E-state index >= 15 is 0 Å². The van der Waals surface area contributed by atoms with Gasteiger partial charge in [-0.1, -0.05) is 13.8 Å². The molecule has 2 atom stereocenters. The minimum absolute atomic E-state index is 0.0616. The first-order chi connectivity index (χ1) is 8.91. The molecular formula is C16H28N2O. The van der Waals surface area contributed by atoms with Gasteiger partial charge in [0.05, 0.1) is 11.7 Å². The molecule has 0 spiro atoms. The summed E-state index contributed by atoms with van der Waals surface area (Å²) in [6, 6.07) is 2.66. The predicted octanol–water partition coefficient (Wildman–Crippen LogP) is 3.36. The number of nitrogens with one attached hydrogen (secondary N) is 1. The Bertz CT molecular complexity index is 409. The molecule has 1 fully saturated rings. The van der Waals surface area contributed by atoms with Crippen LogP contribution in [0.1, 0.15) is 52.1 Å². The van der Waals surface area contributed by atoms with E-state index in [1.54, 1.807) is 0 Å². The molecule has 2 unspecified atom stereocenters. The van der Waals surface area contributed by atoms with Crippen LogP contribution in [0.5, 0.6) is 0 Å². The first-order valence-electron chi connectivity index (χ1n) is 7.42. The van der Waals surface area contributed by atoms with Crippen molar-refractivity contribution in [2.45, 2.75) is 64.8 Å². The molecule has 0 saturated carbocycles. The minimum atomic E-state index is 0.0616. The third-order valence-electron chi connectivity index (χ3n) is 4.08. The largest absolute Gasteiger partial charge is 0.370 e. The molecule has 1 saturated heterocycles. The predicted molar refractivity (Wildman–Crippen MR) is 79.3 cm³/mol. The average molecular weight is 264 g/mol. The molecule has 19 heavy (non-hydrogen) atoms. The van der Waals surface area contributed by atoms with Crippen LogP contribution in [-0.2, 0) is 11.3 Å². The first-order valence-corrected chi connectivity index (χ1v) is 7.42. The lowest BCUT2D eigenvalue weighted by molar-refractivity contribution is -0.0216. The monoisotopic (exact) mass is 264 g/mol. The van der Waals surface area contributed by atoms with Crippen molar-refractivity contribution in [2.24, 2.45) is 5.92 Å². The Morgan fingerprint density at radius 2 is 2.21 bits per heavy atom. The Morgan fingerprint density at radius 3 is 2.74 bits per heavy atom. The van der Waals surface area contributed by atoms with E-state index in [1.165, 1.54) is 12.0 Å². The average Bonchev–Trinajstić information content (AvgIpc) is 2.87. The smallest absolute Gasteiger partial charge is 0.0762 e. The van der Waals surface area contributed by atoms with Crippen molar-refractivity contribution < 1.29 is 4.74 Å². The molecule has 0 bridgehead atoms. The number of aromatic nitrogens is 1. The second-order valence-corrected chi connectivity index (χ2v) is 6.69. The maximum absolute atomic E-state index is 6.06. The van der Waals surface area contributed by atoms with Gasteiger partial charge in [-0.15, -0.1) is 0 Å². The summed E-state index contributed by atoms with van der Waals surface area (Å²) in [6.07, 6.45) is 7.13.